The molecule has 1 amide bonds. The first-order valence-electron chi connectivity index (χ1n) is 4.93. The molecule has 6 heteroatoms. The number of nitrogens with one attached hydrogen (secondary N) is 1. The second-order valence-electron chi connectivity index (χ2n) is 3.36. The van der Waals surface area contributed by atoms with E-state index in [1.807, 2.05) is 6.92 Å². The number of alkyl halides is 1. The fourth-order valence-electron chi connectivity index (χ4n) is 1.17. The summed E-state index contributed by atoms with van der Waals surface area (Å²) in [6.07, 6.45) is 0.596. The van der Waals surface area contributed by atoms with Crippen LogP contribution in [0, 0.1) is 5.82 Å². The van der Waals surface area contributed by atoms with Gasteiger partial charge in [0.25, 0.3) is 0 Å². The number of benzene rings is 1. The molecular weight excluding hydrogens is 293 g/mol. The predicted molar refractivity (Wildman–Crippen MR) is 65.0 cm³/mol. The van der Waals surface area contributed by atoms with Gasteiger partial charge >= 0.3 is 5.97 Å². The first kappa shape index (κ1) is 13.6. The molecule has 0 saturated heterocycles. The summed E-state index contributed by atoms with van der Waals surface area (Å²) in [5, 5.41) is 11.2. The van der Waals surface area contributed by atoms with Gasteiger partial charge in [-0.3, -0.25) is 4.79 Å². The van der Waals surface area contributed by atoms with E-state index in [4.69, 9.17) is 5.11 Å². The van der Waals surface area contributed by atoms with E-state index in [-0.39, 0.29) is 16.4 Å². The molecule has 0 saturated carbocycles. The van der Waals surface area contributed by atoms with E-state index in [0.29, 0.717) is 6.42 Å². The van der Waals surface area contributed by atoms with Gasteiger partial charge in [-0.2, -0.15) is 0 Å². The van der Waals surface area contributed by atoms with Gasteiger partial charge in [-0.15, -0.1) is 0 Å². The highest BCUT2D eigenvalue weighted by Gasteiger charge is 2.15. The van der Waals surface area contributed by atoms with Crippen molar-refractivity contribution < 1.29 is 19.1 Å². The van der Waals surface area contributed by atoms with Gasteiger partial charge in [-0.1, -0.05) is 22.9 Å². The number of aromatic carboxylic acids is 1. The number of anilines is 1. The Bertz CT molecular complexity index is 450. The molecule has 0 aliphatic heterocycles. The molecule has 17 heavy (non-hydrogen) atoms. The number of amides is 1. The van der Waals surface area contributed by atoms with E-state index in [9.17, 15) is 14.0 Å². The molecule has 2 N–H and O–H groups in total. The van der Waals surface area contributed by atoms with E-state index in [1.165, 1.54) is 6.07 Å². The number of hydrogen-bond donors (Lipinski definition) is 2. The van der Waals surface area contributed by atoms with Crippen LogP contribution < -0.4 is 5.32 Å². The molecular formula is C11H11BrFNO3. The van der Waals surface area contributed by atoms with Gasteiger partial charge in [0.1, 0.15) is 5.82 Å². The summed E-state index contributed by atoms with van der Waals surface area (Å²) in [7, 11) is 0. The zero-order valence-corrected chi connectivity index (χ0v) is 10.6. The van der Waals surface area contributed by atoms with Crippen molar-refractivity contribution >= 4 is 33.5 Å². The second kappa shape index (κ2) is 5.77. The summed E-state index contributed by atoms with van der Waals surface area (Å²) < 4.78 is 13.1. The van der Waals surface area contributed by atoms with Gasteiger partial charge < -0.3 is 10.4 Å². The van der Waals surface area contributed by atoms with Crippen molar-refractivity contribution in [1.82, 2.24) is 0 Å². The Hall–Kier alpha value is -1.43. The maximum absolute atomic E-state index is 13.1. The van der Waals surface area contributed by atoms with Crippen LogP contribution in [0.4, 0.5) is 10.1 Å². The van der Waals surface area contributed by atoms with Crippen LogP contribution >= 0.6 is 15.9 Å². The number of carbonyl (C=O) groups excluding carboxylic acids is 1. The number of halogens is 2. The Labute approximate surface area is 106 Å². The third-order valence-corrected chi connectivity index (χ3v) is 3.17. The topological polar surface area (TPSA) is 66.4 Å². The number of carboxylic acids is 1. The molecule has 0 bridgehead atoms. The summed E-state index contributed by atoms with van der Waals surface area (Å²) in [5.74, 6) is -2.50. The molecule has 0 spiro atoms. The fourth-order valence-corrected chi connectivity index (χ4v) is 1.29. The molecule has 0 aromatic heterocycles. The van der Waals surface area contributed by atoms with Crippen molar-refractivity contribution in [3.63, 3.8) is 0 Å². The molecule has 1 aromatic carbocycles. The van der Waals surface area contributed by atoms with E-state index in [0.717, 1.165) is 12.1 Å². The molecule has 1 unspecified atom stereocenters. The molecule has 0 fully saturated rings. The zero-order chi connectivity index (χ0) is 13.0. The highest BCUT2D eigenvalue weighted by atomic mass is 79.9. The van der Waals surface area contributed by atoms with Gasteiger partial charge in [0, 0.05) is 5.69 Å². The van der Waals surface area contributed by atoms with E-state index >= 15 is 0 Å². The lowest BCUT2D eigenvalue weighted by atomic mass is 10.2. The minimum atomic E-state index is -1.37. The quantitative estimate of drug-likeness (QED) is 0.840. The predicted octanol–water partition coefficient (Wildman–Crippen LogP) is 2.64. The summed E-state index contributed by atoms with van der Waals surface area (Å²) in [5.41, 5.74) is -0.211. The van der Waals surface area contributed by atoms with Crippen molar-refractivity contribution in [3.05, 3.63) is 29.6 Å². The van der Waals surface area contributed by atoms with Crippen molar-refractivity contribution in [2.24, 2.45) is 0 Å². The van der Waals surface area contributed by atoms with Crippen molar-refractivity contribution in [2.45, 2.75) is 18.2 Å². The Morgan fingerprint density at radius 3 is 2.71 bits per heavy atom. The number of rotatable bonds is 4. The number of hydrogen-bond acceptors (Lipinski definition) is 2. The summed E-state index contributed by atoms with van der Waals surface area (Å²) in [6.45, 7) is 1.83. The van der Waals surface area contributed by atoms with Crippen LogP contribution in [0.3, 0.4) is 0 Å². The first-order chi connectivity index (χ1) is 7.95. The number of carbonyl (C=O) groups is 2. The molecule has 1 atom stereocenters. The molecule has 1 aromatic rings. The van der Waals surface area contributed by atoms with Crippen LogP contribution in [0.2, 0.25) is 0 Å². The van der Waals surface area contributed by atoms with Crippen LogP contribution in [0.5, 0.6) is 0 Å². The fraction of sp³-hybridized carbons (Fsp3) is 0.273. The largest absolute Gasteiger partial charge is 0.478 e. The minimum Gasteiger partial charge on any atom is -0.478 e. The minimum absolute atomic E-state index is 0.256. The lowest BCUT2D eigenvalue weighted by Crippen LogP contribution is -2.22. The van der Waals surface area contributed by atoms with E-state index in [2.05, 4.69) is 21.2 Å². The average Bonchev–Trinajstić information content (AvgIpc) is 2.30. The van der Waals surface area contributed by atoms with Crippen LogP contribution in [0.15, 0.2) is 18.2 Å². The van der Waals surface area contributed by atoms with Gasteiger partial charge in [0.15, 0.2) is 0 Å². The van der Waals surface area contributed by atoms with Crippen molar-refractivity contribution in [3.8, 4) is 0 Å². The zero-order valence-electron chi connectivity index (χ0n) is 9.04. The Morgan fingerprint density at radius 2 is 2.18 bits per heavy atom. The maximum Gasteiger partial charge on any atom is 0.338 e. The van der Waals surface area contributed by atoms with Gasteiger partial charge in [0.2, 0.25) is 5.91 Å². The van der Waals surface area contributed by atoms with Crippen LogP contribution in [-0.4, -0.2) is 21.8 Å². The van der Waals surface area contributed by atoms with E-state index in [1.54, 1.807) is 0 Å². The Balaban J connectivity index is 2.90. The summed E-state index contributed by atoms with van der Waals surface area (Å²) in [4.78, 5) is 21.8. The molecule has 0 radical (unpaired) electrons. The van der Waals surface area contributed by atoms with Crippen LogP contribution in [-0.2, 0) is 4.79 Å². The third kappa shape index (κ3) is 3.52. The molecule has 4 nitrogen and oxygen atoms in total. The molecule has 92 valence electrons. The lowest BCUT2D eigenvalue weighted by molar-refractivity contribution is -0.115. The molecule has 0 heterocycles. The smallest absolute Gasteiger partial charge is 0.338 e. The summed E-state index contributed by atoms with van der Waals surface area (Å²) in [6, 6.07) is 3.41. The third-order valence-electron chi connectivity index (χ3n) is 2.11. The average molecular weight is 304 g/mol. The molecule has 0 aliphatic carbocycles. The lowest BCUT2D eigenvalue weighted by Gasteiger charge is -2.09. The monoisotopic (exact) mass is 303 g/mol. The SMILES string of the molecule is CCC(Br)C(=O)Nc1ccc(F)c(C(=O)O)c1. The standard InChI is InChI=1S/C11H11BrFNO3/c1-2-8(12)10(15)14-6-3-4-9(13)7(5-6)11(16)17/h3-5,8H,2H2,1H3,(H,14,15)(H,16,17). The van der Waals surface area contributed by atoms with Crippen LogP contribution in [0.25, 0.3) is 0 Å². The van der Waals surface area contributed by atoms with Gasteiger partial charge in [-0.05, 0) is 24.6 Å². The molecule has 0 aliphatic rings. The number of carboxylic acid groups (broad SMARTS) is 1. The van der Waals surface area contributed by atoms with Crippen LogP contribution in [0.1, 0.15) is 23.7 Å². The second-order valence-corrected chi connectivity index (χ2v) is 4.47. The van der Waals surface area contributed by atoms with Gasteiger partial charge in [-0.25, -0.2) is 9.18 Å². The normalized spacial score (nSPS) is 11.9. The first-order valence-corrected chi connectivity index (χ1v) is 5.85. The van der Waals surface area contributed by atoms with Crippen molar-refractivity contribution in [1.29, 1.82) is 0 Å². The highest BCUT2D eigenvalue weighted by molar-refractivity contribution is 9.10. The van der Waals surface area contributed by atoms with E-state index < -0.39 is 17.3 Å². The Kier molecular flexibility index (Phi) is 4.62. The summed E-state index contributed by atoms with van der Waals surface area (Å²) >= 11 is 3.16. The highest BCUT2D eigenvalue weighted by Crippen LogP contribution is 2.16. The molecule has 1 rings (SSSR count). The van der Waals surface area contributed by atoms with Crippen molar-refractivity contribution in [2.75, 3.05) is 5.32 Å². The Morgan fingerprint density at radius 1 is 1.53 bits per heavy atom. The maximum atomic E-state index is 13.1. The van der Waals surface area contributed by atoms with Gasteiger partial charge in [0.05, 0.1) is 10.4 Å².